The van der Waals surface area contributed by atoms with Gasteiger partial charge >= 0.3 is 5.97 Å². The maximum atomic E-state index is 11.7. The van der Waals surface area contributed by atoms with E-state index < -0.39 is 5.97 Å². The van der Waals surface area contributed by atoms with Crippen LogP contribution < -0.4 is 5.32 Å². The summed E-state index contributed by atoms with van der Waals surface area (Å²) in [4.78, 5) is 22.6. The lowest BCUT2D eigenvalue weighted by Gasteiger charge is -2.07. The number of nitrogens with one attached hydrogen (secondary N) is 1. The third-order valence-electron chi connectivity index (χ3n) is 2.33. The van der Waals surface area contributed by atoms with Gasteiger partial charge in [-0.15, -0.1) is 0 Å². The van der Waals surface area contributed by atoms with Crippen molar-refractivity contribution in [3.63, 3.8) is 0 Å². The third kappa shape index (κ3) is 6.31. The fourth-order valence-electron chi connectivity index (χ4n) is 1.42. The van der Waals surface area contributed by atoms with Gasteiger partial charge in [0.15, 0.2) is 0 Å². The molecule has 2 N–H and O–H groups in total. The van der Waals surface area contributed by atoms with E-state index in [4.69, 9.17) is 14.6 Å². The number of carboxylic acids is 1. The van der Waals surface area contributed by atoms with Gasteiger partial charge in [0, 0.05) is 16.4 Å². The van der Waals surface area contributed by atoms with E-state index in [1.165, 1.54) is 12.1 Å². The average Bonchev–Trinajstić information content (AvgIpc) is 2.37. The molecule has 0 saturated carbocycles. The Bertz CT molecular complexity index is 478. The molecule has 0 unspecified atom stereocenters. The molecule has 6 nitrogen and oxygen atoms in total. The second kappa shape index (κ2) is 8.88. The Morgan fingerprint density at radius 3 is 2.65 bits per heavy atom. The number of rotatable bonds is 8. The van der Waals surface area contributed by atoms with Crippen molar-refractivity contribution in [3.8, 4) is 0 Å². The average molecular weight is 393 g/mol. The van der Waals surface area contributed by atoms with Gasteiger partial charge in [-0.25, -0.2) is 4.79 Å². The summed E-state index contributed by atoms with van der Waals surface area (Å²) in [5, 5.41) is 11.6. The number of methoxy groups -OCH3 is 1. The van der Waals surface area contributed by atoms with Crippen LogP contribution in [-0.4, -0.2) is 43.9 Å². The molecule has 0 fully saturated rings. The maximum absolute atomic E-state index is 11.7. The molecule has 0 aromatic heterocycles. The molecule has 7 heteroatoms. The number of hydrogen-bond donors (Lipinski definition) is 2. The van der Waals surface area contributed by atoms with Crippen LogP contribution in [0.15, 0.2) is 18.2 Å². The summed E-state index contributed by atoms with van der Waals surface area (Å²) in [6.45, 7) is 1.22. The van der Waals surface area contributed by atoms with Crippen LogP contribution in [0.25, 0.3) is 0 Å². The summed E-state index contributed by atoms with van der Waals surface area (Å²) in [7, 11) is 1.58. The second-order valence-corrected chi connectivity index (χ2v) is 5.18. The topological polar surface area (TPSA) is 84.9 Å². The smallest absolute Gasteiger partial charge is 0.335 e. The van der Waals surface area contributed by atoms with E-state index in [0.717, 1.165) is 3.57 Å². The van der Waals surface area contributed by atoms with Gasteiger partial charge in [0.05, 0.1) is 31.8 Å². The van der Waals surface area contributed by atoms with E-state index in [1.807, 2.05) is 22.6 Å². The minimum Gasteiger partial charge on any atom is -0.478 e. The van der Waals surface area contributed by atoms with Crippen molar-refractivity contribution < 1.29 is 24.2 Å². The van der Waals surface area contributed by atoms with Gasteiger partial charge in [-0.1, -0.05) is 0 Å². The number of anilines is 1. The summed E-state index contributed by atoms with van der Waals surface area (Å²) >= 11 is 2.00. The minimum atomic E-state index is -1.03. The molecule has 0 spiro atoms. The van der Waals surface area contributed by atoms with Gasteiger partial charge in [-0.2, -0.15) is 0 Å². The third-order valence-corrected chi connectivity index (χ3v) is 2.96. The molecule has 0 atom stereocenters. The number of halogens is 1. The predicted molar refractivity (Wildman–Crippen MR) is 82.1 cm³/mol. The maximum Gasteiger partial charge on any atom is 0.335 e. The number of carbonyl (C=O) groups is 2. The SMILES string of the molecule is COCCOCCC(=O)Nc1cc(I)cc(C(=O)O)c1. The van der Waals surface area contributed by atoms with Crippen molar-refractivity contribution in [1.82, 2.24) is 0 Å². The Morgan fingerprint density at radius 2 is 2.00 bits per heavy atom. The van der Waals surface area contributed by atoms with Crippen LogP contribution >= 0.6 is 22.6 Å². The van der Waals surface area contributed by atoms with Crippen LogP contribution in [0.3, 0.4) is 0 Å². The highest BCUT2D eigenvalue weighted by molar-refractivity contribution is 14.1. The van der Waals surface area contributed by atoms with Crippen LogP contribution in [0.2, 0.25) is 0 Å². The zero-order valence-corrected chi connectivity index (χ0v) is 13.2. The van der Waals surface area contributed by atoms with Gasteiger partial charge in [0.2, 0.25) is 5.91 Å². The summed E-state index contributed by atoms with van der Waals surface area (Å²) in [6.07, 6.45) is 0.206. The zero-order chi connectivity index (χ0) is 15.0. The molecule has 0 heterocycles. The van der Waals surface area contributed by atoms with Crippen LogP contribution in [0, 0.1) is 3.57 Å². The molecular formula is C13H16INO5. The van der Waals surface area contributed by atoms with Crippen molar-refractivity contribution in [1.29, 1.82) is 0 Å². The molecule has 1 aromatic carbocycles. The number of hydrogen-bond acceptors (Lipinski definition) is 4. The van der Waals surface area contributed by atoms with Crippen molar-refractivity contribution in [2.75, 3.05) is 32.2 Å². The molecule has 0 aliphatic heterocycles. The lowest BCUT2D eigenvalue weighted by atomic mass is 10.2. The molecule has 0 radical (unpaired) electrons. The molecule has 1 amide bonds. The molecule has 1 rings (SSSR count). The van der Waals surface area contributed by atoms with E-state index in [2.05, 4.69) is 5.32 Å². The first-order chi connectivity index (χ1) is 9.52. The molecule has 0 bridgehead atoms. The molecule has 1 aromatic rings. The van der Waals surface area contributed by atoms with Gasteiger partial charge in [-0.05, 0) is 40.8 Å². The van der Waals surface area contributed by atoms with Gasteiger partial charge in [-0.3, -0.25) is 4.79 Å². The van der Waals surface area contributed by atoms with Crippen LogP contribution in [0.4, 0.5) is 5.69 Å². The molecule has 0 saturated heterocycles. The Balaban J connectivity index is 2.47. The number of amides is 1. The predicted octanol–water partition coefficient (Wildman–Crippen LogP) is 1.98. The number of carbonyl (C=O) groups excluding carboxylic acids is 1. The summed E-state index contributed by atoms with van der Waals surface area (Å²) in [5.74, 6) is -1.25. The monoisotopic (exact) mass is 393 g/mol. The fourth-order valence-corrected chi connectivity index (χ4v) is 2.09. The molecule has 0 aliphatic carbocycles. The molecule has 20 heavy (non-hydrogen) atoms. The van der Waals surface area contributed by atoms with Gasteiger partial charge < -0.3 is 19.9 Å². The van der Waals surface area contributed by atoms with Crippen molar-refractivity contribution in [2.24, 2.45) is 0 Å². The first-order valence-corrected chi connectivity index (χ1v) is 7.01. The summed E-state index contributed by atoms with van der Waals surface area (Å²) < 4.78 is 10.7. The van der Waals surface area contributed by atoms with E-state index in [-0.39, 0.29) is 17.9 Å². The number of aromatic carboxylic acids is 1. The normalized spacial score (nSPS) is 10.3. The van der Waals surface area contributed by atoms with Crippen LogP contribution in [0.1, 0.15) is 16.8 Å². The summed E-state index contributed by atoms with van der Waals surface area (Å²) in [6, 6.07) is 4.66. The highest BCUT2D eigenvalue weighted by Crippen LogP contribution is 2.17. The highest BCUT2D eigenvalue weighted by atomic mass is 127. The minimum absolute atomic E-state index is 0.142. The Kier molecular flexibility index (Phi) is 7.48. The molecule has 0 aliphatic rings. The van der Waals surface area contributed by atoms with E-state index in [0.29, 0.717) is 25.5 Å². The fraction of sp³-hybridized carbons (Fsp3) is 0.385. The largest absolute Gasteiger partial charge is 0.478 e. The Hall–Kier alpha value is -1.19. The van der Waals surface area contributed by atoms with Crippen LogP contribution in [0.5, 0.6) is 0 Å². The Morgan fingerprint density at radius 1 is 1.25 bits per heavy atom. The molecule has 110 valence electrons. The highest BCUT2D eigenvalue weighted by Gasteiger charge is 2.08. The lowest BCUT2D eigenvalue weighted by molar-refractivity contribution is -0.117. The van der Waals surface area contributed by atoms with E-state index in [9.17, 15) is 9.59 Å². The first kappa shape index (κ1) is 16.9. The first-order valence-electron chi connectivity index (χ1n) is 5.93. The quantitative estimate of drug-likeness (QED) is 0.521. The zero-order valence-electron chi connectivity index (χ0n) is 11.0. The molecular weight excluding hydrogens is 377 g/mol. The van der Waals surface area contributed by atoms with Crippen molar-refractivity contribution >= 4 is 40.2 Å². The van der Waals surface area contributed by atoms with Gasteiger partial charge in [0.1, 0.15) is 0 Å². The number of carboxylic acid groups (broad SMARTS) is 1. The number of ether oxygens (including phenoxy) is 2. The second-order valence-electron chi connectivity index (χ2n) is 3.94. The van der Waals surface area contributed by atoms with Crippen molar-refractivity contribution in [3.05, 3.63) is 27.3 Å². The standard InChI is InChI=1S/C13H16INO5/c1-19-4-5-20-3-2-12(16)15-11-7-9(13(17)18)6-10(14)8-11/h6-8H,2-5H2,1H3,(H,15,16)(H,17,18). The van der Waals surface area contributed by atoms with Crippen LogP contribution in [-0.2, 0) is 14.3 Å². The van der Waals surface area contributed by atoms with Crippen molar-refractivity contribution in [2.45, 2.75) is 6.42 Å². The number of benzene rings is 1. The van der Waals surface area contributed by atoms with Gasteiger partial charge in [0.25, 0.3) is 0 Å². The van der Waals surface area contributed by atoms with E-state index >= 15 is 0 Å². The Labute approximate surface area is 130 Å². The van der Waals surface area contributed by atoms with E-state index in [1.54, 1.807) is 13.2 Å². The lowest BCUT2D eigenvalue weighted by Crippen LogP contribution is -2.15. The summed E-state index contributed by atoms with van der Waals surface area (Å²) in [5.41, 5.74) is 0.611.